The number of amides is 3. The highest BCUT2D eigenvalue weighted by molar-refractivity contribution is 8.18. The van der Waals surface area contributed by atoms with Gasteiger partial charge in [-0.2, -0.15) is 0 Å². The molecule has 2 rings (SSSR count). The van der Waals surface area contributed by atoms with Gasteiger partial charge in [0.05, 0.1) is 19.1 Å². The molecule has 0 atom stereocenters. The monoisotopic (exact) mass is 364 g/mol. The molecule has 1 saturated heterocycles. The Morgan fingerprint density at radius 1 is 1.24 bits per heavy atom. The Morgan fingerprint density at radius 2 is 1.96 bits per heavy atom. The first-order chi connectivity index (χ1) is 12.0. The van der Waals surface area contributed by atoms with Crippen molar-refractivity contribution in [1.29, 1.82) is 0 Å². The van der Waals surface area contributed by atoms with Gasteiger partial charge in [0, 0.05) is 6.54 Å². The Labute approximate surface area is 150 Å². The van der Waals surface area contributed by atoms with Crippen molar-refractivity contribution in [2.45, 2.75) is 13.3 Å². The van der Waals surface area contributed by atoms with Crippen LogP contribution >= 0.6 is 11.8 Å². The fourth-order valence-corrected chi connectivity index (χ4v) is 3.03. The topological polar surface area (TPSA) is 84.9 Å². The van der Waals surface area contributed by atoms with Crippen LogP contribution in [0, 0.1) is 0 Å². The Morgan fingerprint density at radius 3 is 2.60 bits per heavy atom. The molecule has 1 aromatic carbocycles. The molecule has 0 spiro atoms. The van der Waals surface area contributed by atoms with Gasteiger partial charge in [0.25, 0.3) is 11.1 Å². The lowest BCUT2D eigenvalue weighted by Gasteiger charge is -2.12. The smallest absolute Gasteiger partial charge is 0.294 e. The minimum absolute atomic E-state index is 0.264. The van der Waals surface area contributed by atoms with Crippen LogP contribution in [0.2, 0.25) is 0 Å². The quantitative estimate of drug-likeness (QED) is 0.747. The summed E-state index contributed by atoms with van der Waals surface area (Å²) < 4.78 is 10.4. The van der Waals surface area contributed by atoms with Crippen LogP contribution in [0.25, 0.3) is 6.08 Å². The molecule has 0 aromatic heterocycles. The van der Waals surface area contributed by atoms with Crippen LogP contribution in [0.4, 0.5) is 4.79 Å². The first-order valence-electron chi connectivity index (χ1n) is 7.74. The van der Waals surface area contributed by atoms with E-state index in [1.54, 1.807) is 24.3 Å². The highest BCUT2D eigenvalue weighted by Crippen LogP contribution is 2.34. The number of hydrogen-bond donors (Lipinski definition) is 1. The lowest BCUT2D eigenvalue weighted by atomic mass is 10.2. The zero-order valence-corrected chi connectivity index (χ0v) is 15.1. The predicted molar refractivity (Wildman–Crippen MR) is 95.5 cm³/mol. The number of carbonyl (C=O) groups is 3. The molecule has 1 aliphatic heterocycles. The van der Waals surface area contributed by atoms with Crippen LogP contribution in [-0.4, -0.2) is 49.3 Å². The second kappa shape index (κ2) is 8.57. The lowest BCUT2D eigenvalue weighted by Crippen LogP contribution is -2.39. The summed E-state index contributed by atoms with van der Waals surface area (Å²) in [4.78, 5) is 37.4. The number of benzene rings is 1. The number of carbonyl (C=O) groups excluding carboxylic acids is 3. The Hall–Kier alpha value is -2.48. The maximum absolute atomic E-state index is 12.4. The van der Waals surface area contributed by atoms with E-state index in [-0.39, 0.29) is 17.4 Å². The van der Waals surface area contributed by atoms with Gasteiger partial charge in [-0.15, -0.1) is 0 Å². The van der Waals surface area contributed by atoms with Gasteiger partial charge in [-0.1, -0.05) is 13.0 Å². The van der Waals surface area contributed by atoms with Crippen LogP contribution in [-0.2, 0) is 9.59 Å². The number of hydrogen-bond acceptors (Lipinski definition) is 6. The van der Waals surface area contributed by atoms with Crippen LogP contribution < -0.4 is 14.8 Å². The molecule has 8 heteroatoms. The van der Waals surface area contributed by atoms with Crippen molar-refractivity contribution in [1.82, 2.24) is 10.2 Å². The summed E-state index contributed by atoms with van der Waals surface area (Å²) in [6.45, 7) is 2.16. The third-order valence-electron chi connectivity index (χ3n) is 3.45. The summed E-state index contributed by atoms with van der Waals surface area (Å²) in [6.07, 6.45) is 2.38. The maximum atomic E-state index is 12.4. The Bertz CT molecular complexity index is 717. The minimum atomic E-state index is -0.476. The first-order valence-corrected chi connectivity index (χ1v) is 8.55. The molecule has 1 aliphatic rings. The van der Waals surface area contributed by atoms with Crippen molar-refractivity contribution in [3.05, 3.63) is 28.7 Å². The standard InChI is InChI=1S/C17H20N2O5S/c1-4-7-18-15(20)10-19-16(21)14(25-17(19)22)9-11-5-6-12(23-2)13(8-11)24-3/h5-6,8-9H,4,7,10H2,1-3H3,(H,18,20)/b14-9-. The number of nitrogens with one attached hydrogen (secondary N) is 1. The van der Waals surface area contributed by atoms with E-state index in [9.17, 15) is 14.4 Å². The third kappa shape index (κ3) is 4.54. The summed E-state index contributed by atoms with van der Waals surface area (Å²) in [6, 6.07) is 5.18. The molecular weight excluding hydrogens is 344 g/mol. The number of rotatable bonds is 7. The van der Waals surface area contributed by atoms with E-state index < -0.39 is 11.1 Å². The molecule has 0 unspecified atom stereocenters. The number of nitrogens with zero attached hydrogens (tertiary/aromatic N) is 1. The lowest BCUT2D eigenvalue weighted by molar-refractivity contribution is -0.129. The third-order valence-corrected chi connectivity index (χ3v) is 4.36. The van der Waals surface area contributed by atoms with Crippen molar-refractivity contribution in [3.63, 3.8) is 0 Å². The van der Waals surface area contributed by atoms with Gasteiger partial charge in [-0.25, -0.2) is 0 Å². The molecule has 0 saturated carbocycles. The summed E-state index contributed by atoms with van der Waals surface area (Å²) in [5.41, 5.74) is 0.693. The van der Waals surface area contributed by atoms with Crippen molar-refractivity contribution in [2.24, 2.45) is 0 Å². The zero-order valence-electron chi connectivity index (χ0n) is 14.3. The molecule has 0 radical (unpaired) electrons. The van der Waals surface area contributed by atoms with Crippen molar-refractivity contribution < 1.29 is 23.9 Å². The number of imide groups is 1. The second-order valence-corrected chi connectivity index (χ2v) is 6.23. The summed E-state index contributed by atoms with van der Waals surface area (Å²) in [5.74, 6) is 0.266. The summed E-state index contributed by atoms with van der Waals surface area (Å²) >= 11 is 0.812. The minimum Gasteiger partial charge on any atom is -0.493 e. The normalized spacial score (nSPS) is 15.6. The van der Waals surface area contributed by atoms with E-state index >= 15 is 0 Å². The van der Waals surface area contributed by atoms with Crippen molar-refractivity contribution in [3.8, 4) is 11.5 Å². The first kappa shape index (κ1) is 18.9. The molecular formula is C17H20N2O5S. The average Bonchev–Trinajstić information content (AvgIpc) is 2.87. The second-order valence-electron chi connectivity index (χ2n) is 5.23. The van der Waals surface area contributed by atoms with E-state index in [1.165, 1.54) is 14.2 Å². The molecule has 134 valence electrons. The number of methoxy groups -OCH3 is 2. The highest BCUT2D eigenvalue weighted by atomic mass is 32.2. The van der Waals surface area contributed by atoms with Crippen LogP contribution in [0.15, 0.2) is 23.1 Å². The van der Waals surface area contributed by atoms with Crippen LogP contribution in [0.1, 0.15) is 18.9 Å². The molecule has 1 heterocycles. The maximum Gasteiger partial charge on any atom is 0.294 e. The van der Waals surface area contributed by atoms with Gasteiger partial charge in [-0.05, 0) is 42.0 Å². The molecule has 0 bridgehead atoms. The van der Waals surface area contributed by atoms with Gasteiger partial charge in [0.15, 0.2) is 11.5 Å². The molecule has 1 fully saturated rings. The van der Waals surface area contributed by atoms with Gasteiger partial charge >= 0.3 is 0 Å². The van der Waals surface area contributed by atoms with E-state index in [0.29, 0.717) is 23.6 Å². The average molecular weight is 364 g/mol. The number of ether oxygens (including phenoxy) is 2. The largest absolute Gasteiger partial charge is 0.493 e. The summed E-state index contributed by atoms with van der Waals surface area (Å²) in [7, 11) is 3.05. The van der Waals surface area contributed by atoms with Crippen LogP contribution in [0.5, 0.6) is 11.5 Å². The predicted octanol–water partition coefficient (Wildman–Crippen LogP) is 2.27. The fourth-order valence-electron chi connectivity index (χ4n) is 2.19. The molecule has 25 heavy (non-hydrogen) atoms. The van der Waals surface area contributed by atoms with E-state index in [4.69, 9.17) is 9.47 Å². The van der Waals surface area contributed by atoms with Crippen molar-refractivity contribution >= 4 is 34.9 Å². The van der Waals surface area contributed by atoms with Gasteiger partial charge in [0.2, 0.25) is 5.91 Å². The molecule has 1 N–H and O–H groups in total. The van der Waals surface area contributed by atoms with E-state index in [1.807, 2.05) is 6.92 Å². The fraction of sp³-hybridized carbons (Fsp3) is 0.353. The molecule has 3 amide bonds. The summed E-state index contributed by atoms with van der Waals surface area (Å²) in [5, 5.41) is 2.19. The van der Waals surface area contributed by atoms with Gasteiger partial charge in [-0.3, -0.25) is 19.3 Å². The van der Waals surface area contributed by atoms with E-state index in [0.717, 1.165) is 23.1 Å². The Kier molecular flexibility index (Phi) is 6.46. The van der Waals surface area contributed by atoms with Gasteiger partial charge < -0.3 is 14.8 Å². The van der Waals surface area contributed by atoms with Gasteiger partial charge in [0.1, 0.15) is 6.54 Å². The van der Waals surface area contributed by atoms with Crippen molar-refractivity contribution in [2.75, 3.05) is 27.3 Å². The number of thioether (sulfide) groups is 1. The molecule has 0 aliphatic carbocycles. The zero-order chi connectivity index (χ0) is 18.4. The van der Waals surface area contributed by atoms with Crippen LogP contribution in [0.3, 0.4) is 0 Å². The molecule has 7 nitrogen and oxygen atoms in total. The highest BCUT2D eigenvalue weighted by Gasteiger charge is 2.36. The Balaban J connectivity index is 2.15. The SMILES string of the molecule is CCCNC(=O)CN1C(=O)S/C(=C\c2ccc(OC)c(OC)c2)C1=O. The van der Waals surface area contributed by atoms with E-state index in [2.05, 4.69) is 5.32 Å². The molecule has 1 aromatic rings.